The highest BCUT2D eigenvalue weighted by Crippen LogP contribution is 2.11. The van der Waals surface area contributed by atoms with E-state index >= 15 is 0 Å². The molecule has 0 bridgehead atoms. The summed E-state index contributed by atoms with van der Waals surface area (Å²) in [5.74, 6) is 0.439. The van der Waals surface area contributed by atoms with Crippen molar-refractivity contribution in [2.75, 3.05) is 11.0 Å². The van der Waals surface area contributed by atoms with Gasteiger partial charge >= 0.3 is 0 Å². The van der Waals surface area contributed by atoms with Crippen LogP contribution < -0.4 is 4.72 Å². The number of hydrogen-bond acceptors (Lipinski definition) is 4. The van der Waals surface area contributed by atoms with E-state index in [9.17, 15) is 8.42 Å². The van der Waals surface area contributed by atoms with Gasteiger partial charge in [0.1, 0.15) is 5.82 Å². The Morgan fingerprint density at radius 1 is 1.69 bits per heavy atom. The van der Waals surface area contributed by atoms with Gasteiger partial charge in [-0.15, -0.1) is 0 Å². The minimum absolute atomic E-state index is 0.435. The fourth-order valence-corrected chi connectivity index (χ4v) is 1.72. The lowest BCUT2D eigenvalue weighted by atomic mass is 10.5. The Labute approximate surface area is 94.7 Å². The zero-order valence-electron chi connectivity index (χ0n) is 9.21. The number of nitrogens with one attached hydrogen (secondary N) is 1. The maximum atomic E-state index is 11.1. The lowest BCUT2D eigenvalue weighted by Crippen LogP contribution is -2.13. The van der Waals surface area contributed by atoms with E-state index in [4.69, 9.17) is 0 Å². The summed E-state index contributed by atoms with van der Waals surface area (Å²) >= 11 is 0. The van der Waals surface area contributed by atoms with Crippen molar-refractivity contribution in [2.24, 2.45) is 4.99 Å². The first-order valence-corrected chi connectivity index (χ1v) is 6.44. The van der Waals surface area contributed by atoms with E-state index in [1.807, 2.05) is 0 Å². The molecule has 0 fully saturated rings. The molecule has 0 aliphatic rings. The third kappa shape index (κ3) is 3.85. The van der Waals surface area contributed by atoms with Gasteiger partial charge in [0.15, 0.2) is 0 Å². The quantitative estimate of drug-likeness (QED) is 0.775. The summed E-state index contributed by atoms with van der Waals surface area (Å²) in [4.78, 5) is 3.55. The molecule has 0 aliphatic heterocycles. The second-order valence-corrected chi connectivity index (χ2v) is 5.04. The number of hydrogen-bond donors (Lipinski definition) is 1. The Balaban J connectivity index is 2.91. The molecule has 1 N–H and O–H groups in total. The van der Waals surface area contributed by atoms with Crippen molar-refractivity contribution in [2.45, 2.75) is 13.5 Å². The Bertz CT molecular complexity index is 502. The van der Waals surface area contributed by atoms with E-state index in [2.05, 4.69) is 21.5 Å². The predicted octanol–water partition coefficient (Wildman–Crippen LogP) is 0.777. The maximum Gasteiger partial charge on any atom is 0.230 e. The minimum atomic E-state index is -3.29. The van der Waals surface area contributed by atoms with Crippen molar-refractivity contribution in [3.05, 3.63) is 24.0 Å². The summed E-state index contributed by atoms with van der Waals surface area (Å²) in [6.45, 7) is 5.53. The number of rotatable bonds is 5. The first kappa shape index (κ1) is 12.4. The van der Waals surface area contributed by atoms with E-state index in [0.717, 1.165) is 11.9 Å². The third-order valence-electron chi connectivity index (χ3n) is 1.68. The van der Waals surface area contributed by atoms with Crippen molar-refractivity contribution in [1.82, 2.24) is 9.78 Å². The minimum Gasteiger partial charge on any atom is -0.273 e. The Morgan fingerprint density at radius 3 is 2.94 bits per heavy atom. The summed E-state index contributed by atoms with van der Waals surface area (Å²) in [6.07, 6.45) is 4.36. The van der Waals surface area contributed by atoms with Gasteiger partial charge in [0.05, 0.1) is 18.5 Å². The highest BCUT2D eigenvalue weighted by molar-refractivity contribution is 7.92. The van der Waals surface area contributed by atoms with Crippen molar-refractivity contribution in [3.63, 3.8) is 0 Å². The molecule has 0 unspecified atom stereocenters. The molecular formula is C9H14N4O2S. The monoisotopic (exact) mass is 242 g/mol. The molecule has 1 rings (SSSR count). The van der Waals surface area contributed by atoms with E-state index in [-0.39, 0.29) is 0 Å². The average molecular weight is 242 g/mol. The van der Waals surface area contributed by atoms with Crippen LogP contribution in [0.15, 0.2) is 23.3 Å². The molecule has 16 heavy (non-hydrogen) atoms. The molecule has 88 valence electrons. The number of sulfonamides is 1. The van der Waals surface area contributed by atoms with Crippen LogP contribution in [-0.4, -0.2) is 31.2 Å². The topological polar surface area (TPSA) is 76.3 Å². The number of aliphatic imine (C=N–C) groups is 1. The van der Waals surface area contributed by atoms with E-state index in [0.29, 0.717) is 12.4 Å². The normalized spacial score (nSPS) is 11.9. The highest BCUT2D eigenvalue weighted by atomic mass is 32.2. The number of aryl methyl sites for hydroxylation is 1. The second-order valence-electron chi connectivity index (χ2n) is 3.29. The zero-order valence-corrected chi connectivity index (χ0v) is 10.0. The molecule has 0 atom stereocenters. The Kier molecular flexibility index (Phi) is 3.83. The summed E-state index contributed by atoms with van der Waals surface area (Å²) in [7, 11) is -3.29. The predicted molar refractivity (Wildman–Crippen MR) is 64.1 cm³/mol. The molecule has 7 heteroatoms. The molecule has 0 amide bonds. The lowest BCUT2D eigenvalue weighted by Gasteiger charge is -2.05. The summed E-state index contributed by atoms with van der Waals surface area (Å²) in [5, 5.41) is 4.14. The third-order valence-corrected chi connectivity index (χ3v) is 2.26. The van der Waals surface area contributed by atoms with Gasteiger partial charge in [0, 0.05) is 12.3 Å². The molecule has 1 aromatic heterocycles. The van der Waals surface area contributed by atoms with Gasteiger partial charge in [-0.3, -0.25) is 9.71 Å². The van der Waals surface area contributed by atoms with Crippen LogP contribution in [0.5, 0.6) is 0 Å². The van der Waals surface area contributed by atoms with Crippen molar-refractivity contribution in [3.8, 4) is 0 Å². The molecular weight excluding hydrogens is 228 g/mol. The van der Waals surface area contributed by atoms with Crippen LogP contribution >= 0.6 is 0 Å². The average Bonchev–Trinajstić information content (AvgIpc) is 2.44. The van der Waals surface area contributed by atoms with Gasteiger partial charge in [0.2, 0.25) is 10.0 Å². The SMILES string of the molecule is C=N/C=C\Cn1nc(C)cc1NS(C)(=O)=O. The van der Waals surface area contributed by atoms with Crippen molar-refractivity contribution in [1.29, 1.82) is 0 Å². The molecule has 0 spiro atoms. The maximum absolute atomic E-state index is 11.1. The summed E-state index contributed by atoms with van der Waals surface area (Å²) < 4.78 is 26.1. The van der Waals surface area contributed by atoms with E-state index in [1.165, 1.54) is 10.9 Å². The molecule has 1 heterocycles. The molecule has 0 aliphatic carbocycles. The first-order chi connectivity index (χ1) is 7.42. The molecule has 0 saturated carbocycles. The van der Waals surface area contributed by atoms with Crippen molar-refractivity contribution >= 4 is 22.6 Å². The number of allylic oxidation sites excluding steroid dienone is 1. The van der Waals surface area contributed by atoms with Crippen LogP contribution in [0.25, 0.3) is 0 Å². The number of aromatic nitrogens is 2. The lowest BCUT2D eigenvalue weighted by molar-refractivity contribution is 0.605. The fourth-order valence-electron chi connectivity index (χ4n) is 1.18. The molecule has 0 aromatic carbocycles. The standard InChI is InChI=1S/C9H14N4O2S/c1-8-7-9(12-16(3,14)15)13(11-8)6-4-5-10-2/h4-5,7,12H,2,6H2,1,3H3/b5-4-. The molecule has 0 radical (unpaired) electrons. The van der Waals surface area contributed by atoms with Crippen LogP contribution in [0.2, 0.25) is 0 Å². The number of nitrogens with zero attached hydrogens (tertiary/aromatic N) is 3. The Morgan fingerprint density at radius 2 is 2.38 bits per heavy atom. The second kappa shape index (κ2) is 4.93. The summed E-state index contributed by atoms with van der Waals surface area (Å²) in [5.41, 5.74) is 0.742. The first-order valence-electron chi connectivity index (χ1n) is 4.55. The fraction of sp³-hybridized carbons (Fsp3) is 0.333. The van der Waals surface area contributed by atoms with E-state index < -0.39 is 10.0 Å². The van der Waals surface area contributed by atoms with Gasteiger partial charge < -0.3 is 0 Å². The largest absolute Gasteiger partial charge is 0.273 e. The van der Waals surface area contributed by atoms with Gasteiger partial charge in [-0.05, 0) is 19.7 Å². The zero-order chi connectivity index (χ0) is 12.2. The van der Waals surface area contributed by atoms with Gasteiger partial charge in [-0.25, -0.2) is 13.1 Å². The van der Waals surface area contributed by atoms with Crippen LogP contribution in [0.1, 0.15) is 5.69 Å². The van der Waals surface area contributed by atoms with Gasteiger partial charge in [0.25, 0.3) is 0 Å². The van der Waals surface area contributed by atoms with Crippen LogP contribution in [0.4, 0.5) is 5.82 Å². The van der Waals surface area contributed by atoms with Crippen molar-refractivity contribution < 1.29 is 8.42 Å². The smallest absolute Gasteiger partial charge is 0.230 e. The summed E-state index contributed by atoms with van der Waals surface area (Å²) in [6, 6.07) is 1.66. The van der Waals surface area contributed by atoms with Crippen LogP contribution in [0.3, 0.4) is 0 Å². The van der Waals surface area contributed by atoms with Gasteiger partial charge in [-0.2, -0.15) is 5.10 Å². The highest BCUT2D eigenvalue weighted by Gasteiger charge is 2.08. The molecule has 1 aromatic rings. The van der Waals surface area contributed by atoms with Crippen LogP contribution in [-0.2, 0) is 16.6 Å². The van der Waals surface area contributed by atoms with Gasteiger partial charge in [-0.1, -0.05) is 0 Å². The molecule has 6 nitrogen and oxygen atoms in total. The molecule has 0 saturated heterocycles. The Hall–Kier alpha value is -1.63. The van der Waals surface area contributed by atoms with Crippen LogP contribution in [0, 0.1) is 6.92 Å². The van der Waals surface area contributed by atoms with E-state index in [1.54, 1.807) is 19.1 Å². The number of anilines is 1.